The fraction of sp³-hybridized carbons (Fsp3) is 0.222. The third-order valence-corrected chi connectivity index (χ3v) is 3.34. The zero-order valence-electron chi connectivity index (χ0n) is 13.9. The third-order valence-electron chi connectivity index (χ3n) is 3.34. The number of hydrogen-bond acceptors (Lipinski definition) is 5. The fourth-order valence-electron chi connectivity index (χ4n) is 2.16. The van der Waals surface area contributed by atoms with E-state index in [9.17, 15) is 9.59 Å². The molecule has 0 heterocycles. The second-order valence-corrected chi connectivity index (χ2v) is 5.01. The molecule has 0 bridgehead atoms. The van der Waals surface area contributed by atoms with E-state index in [1.54, 1.807) is 42.5 Å². The Bertz CT molecular complexity index is 742. The molecular weight excluding hydrogens is 326 g/mol. The minimum absolute atomic E-state index is 0.0753. The van der Waals surface area contributed by atoms with Crippen molar-refractivity contribution in [3.63, 3.8) is 0 Å². The molecule has 7 nitrogen and oxygen atoms in total. The molecule has 1 amide bonds. The van der Waals surface area contributed by atoms with Gasteiger partial charge in [0.2, 0.25) is 0 Å². The van der Waals surface area contributed by atoms with E-state index in [0.717, 1.165) is 0 Å². The van der Waals surface area contributed by atoms with E-state index in [4.69, 9.17) is 19.3 Å². The first-order valence-electron chi connectivity index (χ1n) is 7.52. The van der Waals surface area contributed by atoms with E-state index >= 15 is 0 Å². The predicted octanol–water partition coefficient (Wildman–Crippen LogP) is 2.81. The minimum atomic E-state index is -0.920. The van der Waals surface area contributed by atoms with Gasteiger partial charge in [0, 0.05) is 5.69 Å². The first kappa shape index (κ1) is 18.1. The van der Waals surface area contributed by atoms with Crippen molar-refractivity contribution in [3.05, 3.63) is 48.0 Å². The van der Waals surface area contributed by atoms with Gasteiger partial charge in [-0.15, -0.1) is 0 Å². The van der Waals surface area contributed by atoms with Crippen LogP contribution in [0, 0.1) is 0 Å². The number of hydrogen-bond donors (Lipinski definition) is 2. The lowest BCUT2D eigenvalue weighted by molar-refractivity contribution is -0.137. The summed E-state index contributed by atoms with van der Waals surface area (Å²) in [5.74, 6) is 0.0954. The van der Waals surface area contributed by atoms with E-state index in [-0.39, 0.29) is 18.9 Å². The van der Waals surface area contributed by atoms with Crippen LogP contribution in [0.15, 0.2) is 42.5 Å². The molecule has 2 aromatic rings. The zero-order valence-corrected chi connectivity index (χ0v) is 13.9. The number of methoxy groups -OCH3 is 2. The van der Waals surface area contributed by atoms with Gasteiger partial charge >= 0.3 is 5.97 Å². The molecule has 2 N–H and O–H groups in total. The van der Waals surface area contributed by atoms with E-state index in [1.165, 1.54) is 14.2 Å². The highest BCUT2D eigenvalue weighted by atomic mass is 16.5. The molecule has 0 saturated carbocycles. The molecule has 0 atom stereocenters. The van der Waals surface area contributed by atoms with Crippen LogP contribution < -0.4 is 19.5 Å². The molecule has 7 heteroatoms. The van der Waals surface area contributed by atoms with Gasteiger partial charge in [0.15, 0.2) is 11.5 Å². The summed E-state index contributed by atoms with van der Waals surface area (Å²) in [6, 6.07) is 11.7. The van der Waals surface area contributed by atoms with Crippen molar-refractivity contribution < 1.29 is 28.9 Å². The number of anilines is 1. The number of nitrogens with one attached hydrogen (secondary N) is 1. The van der Waals surface area contributed by atoms with Crippen LogP contribution in [0.1, 0.15) is 16.8 Å². The summed E-state index contributed by atoms with van der Waals surface area (Å²) in [4.78, 5) is 22.9. The number of rotatable bonds is 8. The molecule has 0 unspecified atom stereocenters. The Morgan fingerprint density at radius 1 is 1.04 bits per heavy atom. The first-order valence-corrected chi connectivity index (χ1v) is 7.52. The topological polar surface area (TPSA) is 94.1 Å². The average Bonchev–Trinajstić information content (AvgIpc) is 2.62. The van der Waals surface area contributed by atoms with Crippen molar-refractivity contribution in [3.8, 4) is 17.2 Å². The van der Waals surface area contributed by atoms with Crippen molar-refractivity contribution in [1.82, 2.24) is 0 Å². The Kier molecular flexibility index (Phi) is 6.22. The van der Waals surface area contributed by atoms with Crippen LogP contribution in [-0.4, -0.2) is 37.8 Å². The van der Waals surface area contributed by atoms with Gasteiger partial charge in [-0.1, -0.05) is 6.07 Å². The lowest BCUT2D eigenvalue weighted by Crippen LogP contribution is -2.13. The monoisotopic (exact) mass is 345 g/mol. The molecule has 0 saturated heterocycles. The smallest absolute Gasteiger partial charge is 0.306 e. The Morgan fingerprint density at radius 3 is 2.36 bits per heavy atom. The number of carboxylic acids is 1. The Morgan fingerprint density at radius 2 is 1.76 bits per heavy atom. The van der Waals surface area contributed by atoms with Crippen molar-refractivity contribution >= 4 is 17.6 Å². The van der Waals surface area contributed by atoms with Gasteiger partial charge in [-0.25, -0.2) is 0 Å². The van der Waals surface area contributed by atoms with Crippen molar-refractivity contribution in [2.24, 2.45) is 0 Å². The number of ether oxygens (including phenoxy) is 3. The molecule has 0 radical (unpaired) electrons. The molecule has 0 fully saturated rings. The normalized spacial score (nSPS) is 10.0. The summed E-state index contributed by atoms with van der Waals surface area (Å²) >= 11 is 0. The molecule has 0 aliphatic carbocycles. The average molecular weight is 345 g/mol. The Hall–Kier alpha value is -3.22. The summed E-state index contributed by atoms with van der Waals surface area (Å²) < 4.78 is 15.7. The lowest BCUT2D eigenvalue weighted by atomic mass is 10.1. The molecule has 2 aromatic carbocycles. The van der Waals surface area contributed by atoms with Gasteiger partial charge in [-0.2, -0.15) is 0 Å². The van der Waals surface area contributed by atoms with E-state index in [0.29, 0.717) is 28.5 Å². The first-order chi connectivity index (χ1) is 12.0. The Balaban J connectivity index is 2.05. The number of para-hydroxylation sites is 1. The fourth-order valence-corrected chi connectivity index (χ4v) is 2.16. The SMILES string of the molecule is COc1cccc(C(=O)Nc2ccc(OCCC(=O)O)cc2)c1OC. The highest BCUT2D eigenvalue weighted by molar-refractivity contribution is 6.06. The highest BCUT2D eigenvalue weighted by Crippen LogP contribution is 2.31. The standard InChI is InChI=1S/C18H19NO6/c1-23-15-5-3-4-14(17(15)24-2)18(22)19-12-6-8-13(9-7-12)25-11-10-16(20)21/h3-9H,10-11H2,1-2H3,(H,19,22)(H,20,21). The molecular formula is C18H19NO6. The molecule has 0 spiro atoms. The largest absolute Gasteiger partial charge is 0.493 e. The lowest BCUT2D eigenvalue weighted by Gasteiger charge is -2.13. The number of carboxylic acid groups (broad SMARTS) is 1. The second kappa shape index (κ2) is 8.58. The summed E-state index contributed by atoms with van der Waals surface area (Å²) in [5, 5.41) is 11.3. The molecule has 25 heavy (non-hydrogen) atoms. The summed E-state index contributed by atoms with van der Waals surface area (Å²) in [6.07, 6.45) is -0.0753. The van der Waals surface area contributed by atoms with Crippen LogP contribution in [0.5, 0.6) is 17.2 Å². The number of benzene rings is 2. The molecule has 2 rings (SSSR count). The quantitative estimate of drug-likeness (QED) is 0.764. The maximum absolute atomic E-state index is 12.5. The van der Waals surface area contributed by atoms with Crippen LogP contribution in [-0.2, 0) is 4.79 Å². The summed E-state index contributed by atoms with van der Waals surface area (Å²) in [6.45, 7) is 0.0854. The minimum Gasteiger partial charge on any atom is -0.493 e. The van der Waals surface area contributed by atoms with Crippen LogP contribution in [0.25, 0.3) is 0 Å². The number of amides is 1. The zero-order chi connectivity index (χ0) is 18.2. The van der Waals surface area contributed by atoms with Crippen LogP contribution in [0.3, 0.4) is 0 Å². The van der Waals surface area contributed by atoms with Gasteiger partial charge in [0.25, 0.3) is 5.91 Å². The van der Waals surface area contributed by atoms with Gasteiger partial charge in [-0.05, 0) is 36.4 Å². The number of carbonyl (C=O) groups is 2. The van der Waals surface area contributed by atoms with Gasteiger partial charge in [0.1, 0.15) is 5.75 Å². The van der Waals surface area contributed by atoms with Gasteiger partial charge in [-0.3, -0.25) is 9.59 Å². The highest BCUT2D eigenvalue weighted by Gasteiger charge is 2.16. The molecule has 0 aliphatic rings. The molecule has 132 valence electrons. The summed E-state index contributed by atoms with van der Waals surface area (Å²) in [5.41, 5.74) is 0.920. The van der Waals surface area contributed by atoms with Gasteiger partial charge in [0.05, 0.1) is 32.8 Å². The second-order valence-electron chi connectivity index (χ2n) is 5.01. The van der Waals surface area contributed by atoms with E-state index < -0.39 is 5.97 Å². The predicted molar refractivity (Wildman–Crippen MR) is 91.7 cm³/mol. The number of aliphatic carboxylic acids is 1. The summed E-state index contributed by atoms with van der Waals surface area (Å²) in [7, 11) is 2.97. The van der Waals surface area contributed by atoms with Crippen LogP contribution >= 0.6 is 0 Å². The van der Waals surface area contributed by atoms with Crippen LogP contribution in [0.2, 0.25) is 0 Å². The number of carbonyl (C=O) groups excluding carboxylic acids is 1. The molecule has 0 aromatic heterocycles. The van der Waals surface area contributed by atoms with E-state index in [2.05, 4.69) is 5.32 Å². The van der Waals surface area contributed by atoms with Gasteiger partial charge < -0.3 is 24.6 Å². The van der Waals surface area contributed by atoms with Crippen molar-refractivity contribution in [2.45, 2.75) is 6.42 Å². The van der Waals surface area contributed by atoms with Crippen molar-refractivity contribution in [1.29, 1.82) is 0 Å². The van der Waals surface area contributed by atoms with E-state index in [1.807, 2.05) is 0 Å². The van der Waals surface area contributed by atoms with Crippen LogP contribution in [0.4, 0.5) is 5.69 Å². The Labute approximate surface area is 145 Å². The molecule has 0 aliphatic heterocycles. The maximum atomic E-state index is 12.5. The van der Waals surface area contributed by atoms with Crippen molar-refractivity contribution in [2.75, 3.05) is 26.1 Å². The third kappa shape index (κ3) is 4.87. The maximum Gasteiger partial charge on any atom is 0.306 e.